The summed E-state index contributed by atoms with van der Waals surface area (Å²) in [5, 5.41) is 3.09. The van der Waals surface area contributed by atoms with Crippen LogP contribution in [0, 0.1) is 5.82 Å². The van der Waals surface area contributed by atoms with Crippen LogP contribution in [0.5, 0.6) is 11.5 Å². The van der Waals surface area contributed by atoms with Gasteiger partial charge in [0.25, 0.3) is 5.91 Å². The van der Waals surface area contributed by atoms with E-state index < -0.39 is 23.7 Å². The van der Waals surface area contributed by atoms with E-state index in [-0.39, 0.29) is 35.6 Å². The second-order valence-electron chi connectivity index (χ2n) is 9.23. The predicted molar refractivity (Wildman–Crippen MR) is 132 cm³/mol. The summed E-state index contributed by atoms with van der Waals surface area (Å²) >= 11 is 0. The highest BCUT2D eigenvalue weighted by Crippen LogP contribution is 2.42. The Bertz CT molecular complexity index is 1300. The number of Topliss-reactive ketones (excluding diaryl/α,β-unsaturated/α-hetero) is 1. The Kier molecular flexibility index (Phi) is 6.94. The van der Waals surface area contributed by atoms with E-state index in [1.165, 1.54) is 60.6 Å². The highest BCUT2D eigenvalue weighted by molar-refractivity contribution is 6.13. The average molecular weight is 507 g/mol. The Balaban J connectivity index is 1.67. The molecule has 0 spiro atoms. The highest BCUT2D eigenvalue weighted by atomic mass is 19.1. The van der Waals surface area contributed by atoms with E-state index in [4.69, 9.17) is 13.9 Å². The number of carbonyl (C=O) groups is 3. The quantitative estimate of drug-likeness (QED) is 0.443. The zero-order chi connectivity index (χ0) is 25.9. The van der Waals surface area contributed by atoms with Gasteiger partial charge in [-0.3, -0.25) is 19.3 Å². The maximum absolute atomic E-state index is 14.0. The van der Waals surface area contributed by atoms with Crippen molar-refractivity contribution in [3.05, 3.63) is 77.5 Å². The fraction of sp³-hybridized carbons (Fsp3) is 0.321. The zero-order valence-electron chi connectivity index (χ0n) is 20.4. The molecule has 1 aromatic heterocycles. The molecule has 0 unspecified atom stereocenters. The second-order valence-corrected chi connectivity index (χ2v) is 9.23. The predicted octanol–water partition coefficient (Wildman–Crippen LogP) is 5.19. The standard InChI is InChI=1S/C28H27FN2O6/c1-17(32)21-14-24-25(37-16-36-24)15-22(21)31(28(34)23-8-5-13-35-23)26(18-9-11-19(29)12-10-18)27(33)30-20-6-3-2-4-7-20/h5,8-15,20,26H,2-4,6-7,16H2,1H3,(H,30,33)/t26-/m0/s1. The molecule has 2 aliphatic rings. The molecule has 1 aliphatic heterocycles. The molecule has 9 heteroatoms. The monoisotopic (exact) mass is 506 g/mol. The van der Waals surface area contributed by atoms with Gasteiger partial charge in [-0.1, -0.05) is 31.4 Å². The summed E-state index contributed by atoms with van der Waals surface area (Å²) in [6.45, 7) is 1.33. The molecule has 0 radical (unpaired) electrons. The van der Waals surface area contributed by atoms with Gasteiger partial charge in [0.1, 0.15) is 11.9 Å². The van der Waals surface area contributed by atoms with Crippen LogP contribution in [0.15, 0.2) is 59.2 Å². The van der Waals surface area contributed by atoms with Gasteiger partial charge < -0.3 is 19.2 Å². The molecule has 0 saturated heterocycles. The lowest BCUT2D eigenvalue weighted by Crippen LogP contribution is -2.47. The van der Waals surface area contributed by atoms with Crippen molar-refractivity contribution < 1.29 is 32.7 Å². The number of halogens is 1. The number of anilines is 1. The molecule has 2 aromatic carbocycles. The molecule has 1 saturated carbocycles. The number of benzene rings is 2. The van der Waals surface area contributed by atoms with Crippen LogP contribution in [0.3, 0.4) is 0 Å². The normalized spacial score (nSPS) is 15.7. The fourth-order valence-corrected chi connectivity index (χ4v) is 4.89. The third kappa shape index (κ3) is 5.07. The van der Waals surface area contributed by atoms with Crippen LogP contribution in [-0.4, -0.2) is 30.4 Å². The molecule has 8 nitrogen and oxygen atoms in total. The maximum Gasteiger partial charge on any atom is 0.294 e. The summed E-state index contributed by atoms with van der Waals surface area (Å²) in [5.74, 6) is -1.22. The molecular formula is C28H27FN2O6. The number of fused-ring (bicyclic) bond motifs is 1. The maximum atomic E-state index is 14.0. The molecule has 1 N–H and O–H groups in total. The van der Waals surface area contributed by atoms with Gasteiger partial charge in [0.2, 0.25) is 12.7 Å². The van der Waals surface area contributed by atoms with Gasteiger partial charge in [-0.2, -0.15) is 0 Å². The topological polar surface area (TPSA) is 98.1 Å². The molecule has 37 heavy (non-hydrogen) atoms. The zero-order valence-corrected chi connectivity index (χ0v) is 20.4. The highest BCUT2D eigenvalue weighted by Gasteiger charge is 2.38. The van der Waals surface area contributed by atoms with Gasteiger partial charge in [-0.05, 0) is 55.7 Å². The van der Waals surface area contributed by atoms with Crippen molar-refractivity contribution >= 4 is 23.3 Å². The Labute approximate surface area is 213 Å². The Morgan fingerprint density at radius 1 is 1.00 bits per heavy atom. The number of hydrogen-bond acceptors (Lipinski definition) is 6. The molecule has 192 valence electrons. The van der Waals surface area contributed by atoms with Crippen LogP contribution in [0.25, 0.3) is 0 Å². The molecule has 1 atom stereocenters. The van der Waals surface area contributed by atoms with Gasteiger partial charge in [0, 0.05) is 17.7 Å². The summed E-state index contributed by atoms with van der Waals surface area (Å²) < 4.78 is 30.3. The van der Waals surface area contributed by atoms with Crippen molar-refractivity contribution in [3.63, 3.8) is 0 Å². The molecule has 2 heterocycles. The van der Waals surface area contributed by atoms with Crippen molar-refractivity contribution in [1.82, 2.24) is 5.32 Å². The Morgan fingerprint density at radius 3 is 2.35 bits per heavy atom. The smallest absolute Gasteiger partial charge is 0.294 e. The number of amides is 2. The number of furan rings is 1. The minimum Gasteiger partial charge on any atom is -0.459 e. The lowest BCUT2D eigenvalue weighted by molar-refractivity contribution is -0.123. The number of carbonyl (C=O) groups excluding carboxylic acids is 3. The number of hydrogen-bond donors (Lipinski definition) is 1. The van der Waals surface area contributed by atoms with Crippen LogP contribution in [0.1, 0.15) is 71.5 Å². The SMILES string of the molecule is CC(=O)c1cc2c(cc1N(C(=O)c1ccco1)[C@H](C(=O)NC1CCCCC1)c1ccc(F)cc1)OCO2. The second kappa shape index (κ2) is 10.5. The summed E-state index contributed by atoms with van der Waals surface area (Å²) in [6, 6.07) is 10.2. The first-order chi connectivity index (χ1) is 17.9. The lowest BCUT2D eigenvalue weighted by atomic mass is 9.94. The lowest BCUT2D eigenvalue weighted by Gasteiger charge is -2.34. The van der Waals surface area contributed by atoms with Crippen molar-refractivity contribution in [3.8, 4) is 11.5 Å². The minimum atomic E-state index is -1.22. The van der Waals surface area contributed by atoms with E-state index in [0.717, 1.165) is 32.1 Å². The number of ether oxygens (including phenoxy) is 2. The number of rotatable bonds is 7. The summed E-state index contributed by atoms with van der Waals surface area (Å²) in [5.41, 5.74) is 0.704. The van der Waals surface area contributed by atoms with Crippen LogP contribution in [0.4, 0.5) is 10.1 Å². The van der Waals surface area contributed by atoms with E-state index in [0.29, 0.717) is 17.1 Å². The van der Waals surface area contributed by atoms with E-state index in [2.05, 4.69) is 5.32 Å². The average Bonchev–Trinajstić information content (AvgIpc) is 3.59. The minimum absolute atomic E-state index is 0.0234. The summed E-state index contributed by atoms with van der Waals surface area (Å²) in [7, 11) is 0. The largest absolute Gasteiger partial charge is 0.459 e. The van der Waals surface area contributed by atoms with Crippen LogP contribution >= 0.6 is 0 Å². The summed E-state index contributed by atoms with van der Waals surface area (Å²) in [6.07, 6.45) is 6.12. The molecule has 2 amide bonds. The fourth-order valence-electron chi connectivity index (χ4n) is 4.89. The van der Waals surface area contributed by atoms with Crippen molar-refractivity contribution in [1.29, 1.82) is 0 Å². The molecule has 1 aliphatic carbocycles. The summed E-state index contributed by atoms with van der Waals surface area (Å²) in [4.78, 5) is 41.9. The van der Waals surface area contributed by atoms with Crippen molar-refractivity contribution in [2.75, 3.05) is 11.7 Å². The number of nitrogens with zero attached hydrogens (tertiary/aromatic N) is 1. The first-order valence-corrected chi connectivity index (χ1v) is 12.3. The van der Waals surface area contributed by atoms with Crippen molar-refractivity contribution in [2.24, 2.45) is 0 Å². The van der Waals surface area contributed by atoms with Gasteiger partial charge in [-0.15, -0.1) is 0 Å². The van der Waals surface area contributed by atoms with Gasteiger partial charge >= 0.3 is 0 Å². The first kappa shape index (κ1) is 24.5. The van der Waals surface area contributed by atoms with Gasteiger partial charge in [-0.25, -0.2) is 4.39 Å². The van der Waals surface area contributed by atoms with Crippen LogP contribution < -0.4 is 19.7 Å². The van der Waals surface area contributed by atoms with E-state index in [9.17, 15) is 18.8 Å². The first-order valence-electron chi connectivity index (χ1n) is 12.3. The molecule has 5 rings (SSSR count). The number of nitrogens with one attached hydrogen (secondary N) is 1. The van der Waals surface area contributed by atoms with Crippen LogP contribution in [0.2, 0.25) is 0 Å². The molecule has 0 bridgehead atoms. The molecule has 1 fully saturated rings. The molecular weight excluding hydrogens is 479 g/mol. The third-order valence-electron chi connectivity index (χ3n) is 6.72. The Morgan fingerprint density at radius 2 is 1.70 bits per heavy atom. The number of ketones is 1. The van der Waals surface area contributed by atoms with Gasteiger partial charge in [0.15, 0.2) is 23.0 Å². The molecule has 3 aromatic rings. The van der Waals surface area contributed by atoms with Crippen LogP contribution in [-0.2, 0) is 4.79 Å². The van der Waals surface area contributed by atoms with E-state index in [1.807, 2.05) is 0 Å². The van der Waals surface area contributed by atoms with Crippen molar-refractivity contribution in [2.45, 2.75) is 51.1 Å². The van der Waals surface area contributed by atoms with Gasteiger partial charge in [0.05, 0.1) is 12.0 Å². The Hall–Kier alpha value is -4.14. The van der Waals surface area contributed by atoms with E-state index >= 15 is 0 Å². The van der Waals surface area contributed by atoms with E-state index in [1.54, 1.807) is 6.07 Å². The third-order valence-corrected chi connectivity index (χ3v) is 6.72.